The predicted molar refractivity (Wildman–Crippen MR) is 70.6 cm³/mol. The maximum atomic E-state index is 12.2. The number of aromatic nitrogens is 2. The first-order valence-corrected chi connectivity index (χ1v) is 7.50. The van der Waals surface area contributed by atoms with E-state index in [2.05, 4.69) is 16.5 Å². The number of nitrogens with zero attached hydrogens (tertiary/aromatic N) is 1. The van der Waals surface area contributed by atoms with Gasteiger partial charge in [0.05, 0.1) is 5.54 Å². The third-order valence-corrected chi connectivity index (χ3v) is 5.70. The SMILES string of the molecule is CCc1c[nH]c(=O)n1C12CC3CC(CC(C3)C1)C2. The Morgan fingerprint density at radius 3 is 2.28 bits per heavy atom. The molecule has 0 atom stereocenters. The molecule has 4 aliphatic rings. The van der Waals surface area contributed by atoms with Gasteiger partial charge in [0, 0.05) is 11.9 Å². The molecule has 0 spiro atoms. The maximum Gasteiger partial charge on any atom is 0.326 e. The van der Waals surface area contributed by atoms with Gasteiger partial charge in [-0.25, -0.2) is 4.79 Å². The molecule has 18 heavy (non-hydrogen) atoms. The van der Waals surface area contributed by atoms with Crippen molar-refractivity contribution in [3.8, 4) is 0 Å². The zero-order valence-electron chi connectivity index (χ0n) is 11.1. The van der Waals surface area contributed by atoms with E-state index in [0.717, 1.165) is 24.2 Å². The number of rotatable bonds is 2. The molecule has 0 unspecified atom stereocenters. The summed E-state index contributed by atoms with van der Waals surface area (Å²) in [5.74, 6) is 2.67. The van der Waals surface area contributed by atoms with E-state index in [-0.39, 0.29) is 11.2 Å². The second-order valence-electron chi connectivity index (χ2n) is 6.92. The van der Waals surface area contributed by atoms with E-state index in [4.69, 9.17) is 0 Å². The van der Waals surface area contributed by atoms with Gasteiger partial charge >= 0.3 is 5.69 Å². The van der Waals surface area contributed by atoms with Crippen molar-refractivity contribution in [2.24, 2.45) is 17.8 Å². The van der Waals surface area contributed by atoms with Crippen molar-refractivity contribution >= 4 is 0 Å². The summed E-state index contributed by atoms with van der Waals surface area (Å²) < 4.78 is 2.15. The Bertz CT molecular complexity index is 490. The van der Waals surface area contributed by atoms with Crippen LogP contribution in [0.5, 0.6) is 0 Å². The lowest BCUT2D eigenvalue weighted by molar-refractivity contribution is -0.0458. The number of hydrogen-bond donors (Lipinski definition) is 1. The van der Waals surface area contributed by atoms with Crippen LogP contribution >= 0.6 is 0 Å². The number of aryl methyl sites for hydroxylation is 1. The van der Waals surface area contributed by atoms with Crippen LogP contribution in [0.25, 0.3) is 0 Å². The first kappa shape index (κ1) is 10.9. The normalized spacial score (nSPS) is 41.5. The zero-order valence-corrected chi connectivity index (χ0v) is 11.1. The minimum absolute atomic E-state index is 0.133. The fourth-order valence-corrected chi connectivity index (χ4v) is 5.52. The van der Waals surface area contributed by atoms with Crippen LogP contribution in [0.4, 0.5) is 0 Å². The van der Waals surface area contributed by atoms with Gasteiger partial charge in [-0.2, -0.15) is 0 Å². The number of hydrogen-bond acceptors (Lipinski definition) is 1. The number of aromatic amines is 1. The highest BCUT2D eigenvalue weighted by atomic mass is 16.1. The van der Waals surface area contributed by atoms with Crippen LogP contribution in [0.3, 0.4) is 0 Å². The van der Waals surface area contributed by atoms with E-state index in [1.807, 2.05) is 6.20 Å². The van der Waals surface area contributed by atoms with Crippen molar-refractivity contribution in [3.63, 3.8) is 0 Å². The van der Waals surface area contributed by atoms with Gasteiger partial charge in [-0.15, -0.1) is 0 Å². The van der Waals surface area contributed by atoms with Crippen molar-refractivity contribution in [3.05, 3.63) is 22.4 Å². The molecule has 3 heteroatoms. The van der Waals surface area contributed by atoms with E-state index in [0.29, 0.717) is 0 Å². The second kappa shape index (κ2) is 3.52. The van der Waals surface area contributed by atoms with Crippen molar-refractivity contribution < 1.29 is 0 Å². The predicted octanol–water partition coefficient (Wildman–Crippen LogP) is 2.66. The maximum absolute atomic E-state index is 12.2. The third kappa shape index (κ3) is 1.33. The van der Waals surface area contributed by atoms with E-state index >= 15 is 0 Å². The van der Waals surface area contributed by atoms with E-state index in [9.17, 15) is 4.79 Å². The quantitative estimate of drug-likeness (QED) is 0.856. The van der Waals surface area contributed by atoms with Gasteiger partial charge in [0.15, 0.2) is 0 Å². The fourth-order valence-electron chi connectivity index (χ4n) is 5.52. The Kier molecular flexibility index (Phi) is 2.13. The molecule has 1 aromatic heterocycles. The van der Waals surface area contributed by atoms with Crippen molar-refractivity contribution in [1.82, 2.24) is 9.55 Å². The van der Waals surface area contributed by atoms with Gasteiger partial charge in [0.2, 0.25) is 0 Å². The van der Waals surface area contributed by atoms with Gasteiger partial charge in [0.25, 0.3) is 0 Å². The summed E-state index contributed by atoms with van der Waals surface area (Å²) >= 11 is 0. The van der Waals surface area contributed by atoms with E-state index in [1.54, 1.807) is 0 Å². The monoisotopic (exact) mass is 246 g/mol. The van der Waals surface area contributed by atoms with Gasteiger partial charge in [-0.1, -0.05) is 6.92 Å². The van der Waals surface area contributed by atoms with Crippen LogP contribution in [0.2, 0.25) is 0 Å². The minimum atomic E-state index is 0.133. The molecule has 0 radical (unpaired) electrons. The zero-order chi connectivity index (χ0) is 12.3. The molecule has 4 fully saturated rings. The lowest BCUT2D eigenvalue weighted by Crippen LogP contribution is -2.54. The van der Waals surface area contributed by atoms with Crippen molar-refractivity contribution in [1.29, 1.82) is 0 Å². The van der Waals surface area contributed by atoms with E-state index < -0.39 is 0 Å². The molecule has 4 aliphatic carbocycles. The van der Waals surface area contributed by atoms with E-state index in [1.165, 1.54) is 44.2 Å². The molecule has 1 aromatic rings. The highest BCUT2D eigenvalue weighted by Gasteiger charge is 2.52. The summed E-state index contributed by atoms with van der Waals surface area (Å²) in [5, 5.41) is 0. The van der Waals surface area contributed by atoms with Gasteiger partial charge < -0.3 is 4.98 Å². The Balaban J connectivity index is 1.83. The summed E-state index contributed by atoms with van der Waals surface area (Å²) in [4.78, 5) is 15.1. The fraction of sp³-hybridized carbons (Fsp3) is 0.800. The largest absolute Gasteiger partial charge is 0.326 e. The second-order valence-corrected chi connectivity index (χ2v) is 6.92. The molecular weight excluding hydrogens is 224 g/mol. The standard InChI is InChI=1S/C15H22N2O/c1-2-13-9-16-14(18)17(13)15-6-10-3-11(7-15)5-12(4-10)8-15/h9-12H,2-8H2,1H3,(H,16,18). The molecule has 3 nitrogen and oxygen atoms in total. The molecule has 4 saturated carbocycles. The van der Waals surface area contributed by atoms with Gasteiger partial charge in [-0.05, 0) is 62.7 Å². The molecule has 1 heterocycles. The van der Waals surface area contributed by atoms with Crippen LogP contribution in [0.1, 0.15) is 51.1 Å². The van der Waals surface area contributed by atoms with Gasteiger partial charge in [-0.3, -0.25) is 4.57 Å². The van der Waals surface area contributed by atoms with Crippen LogP contribution < -0.4 is 5.69 Å². The number of nitrogens with one attached hydrogen (secondary N) is 1. The molecule has 98 valence electrons. The minimum Gasteiger partial charge on any atom is -0.312 e. The molecule has 0 saturated heterocycles. The summed E-state index contributed by atoms with van der Waals surface area (Å²) in [7, 11) is 0. The highest BCUT2D eigenvalue weighted by molar-refractivity contribution is 5.11. The number of H-pyrrole nitrogens is 1. The van der Waals surface area contributed by atoms with Crippen LogP contribution in [-0.2, 0) is 12.0 Å². The molecule has 4 bridgehead atoms. The lowest BCUT2D eigenvalue weighted by atomic mass is 9.53. The summed E-state index contributed by atoms with van der Waals surface area (Å²) in [6.45, 7) is 2.15. The van der Waals surface area contributed by atoms with Crippen molar-refractivity contribution in [2.45, 2.75) is 57.4 Å². The number of imidazole rings is 1. The Morgan fingerprint density at radius 2 is 1.78 bits per heavy atom. The average Bonchev–Trinajstić information content (AvgIpc) is 2.69. The van der Waals surface area contributed by atoms with Crippen molar-refractivity contribution in [2.75, 3.05) is 0 Å². The summed E-state index contributed by atoms with van der Waals surface area (Å²) in [6, 6.07) is 0. The summed E-state index contributed by atoms with van der Waals surface area (Å²) in [6.07, 6.45) is 10.9. The molecule has 1 N–H and O–H groups in total. The summed E-state index contributed by atoms with van der Waals surface area (Å²) in [5.41, 5.74) is 1.52. The van der Waals surface area contributed by atoms with Crippen LogP contribution in [-0.4, -0.2) is 9.55 Å². The molecule has 0 aromatic carbocycles. The van der Waals surface area contributed by atoms with Crippen LogP contribution in [0, 0.1) is 17.8 Å². The molecule has 0 amide bonds. The Labute approximate surface area is 108 Å². The Hall–Kier alpha value is -0.990. The topological polar surface area (TPSA) is 37.8 Å². The third-order valence-electron chi connectivity index (χ3n) is 5.70. The van der Waals surface area contributed by atoms with Gasteiger partial charge in [0.1, 0.15) is 0 Å². The molecule has 0 aliphatic heterocycles. The smallest absolute Gasteiger partial charge is 0.312 e. The first-order chi connectivity index (χ1) is 8.70. The molecular formula is C15H22N2O. The Morgan fingerprint density at radius 1 is 1.22 bits per heavy atom. The lowest BCUT2D eigenvalue weighted by Gasteiger charge is -2.57. The first-order valence-electron chi connectivity index (χ1n) is 7.50. The highest BCUT2D eigenvalue weighted by Crippen LogP contribution is 2.58. The average molecular weight is 246 g/mol. The van der Waals surface area contributed by atoms with Crippen LogP contribution in [0.15, 0.2) is 11.0 Å². The molecule has 5 rings (SSSR count).